The minimum absolute atomic E-state index is 0.196. The van der Waals surface area contributed by atoms with Gasteiger partial charge in [0.2, 0.25) is 5.91 Å². The van der Waals surface area contributed by atoms with Crippen LogP contribution in [0.5, 0.6) is 11.5 Å². The quantitative estimate of drug-likeness (QED) is 0.628. The number of amides is 1. The average molecular weight is 400 g/mol. The number of carbonyl (C=O) groups excluding carboxylic acids is 1. The van der Waals surface area contributed by atoms with Crippen LogP contribution in [0.3, 0.4) is 0 Å². The topological polar surface area (TPSA) is 84.2 Å². The van der Waals surface area contributed by atoms with Gasteiger partial charge in [-0.1, -0.05) is 25.1 Å². The van der Waals surface area contributed by atoms with Crippen molar-refractivity contribution in [3.63, 3.8) is 0 Å². The van der Waals surface area contributed by atoms with Crippen molar-refractivity contribution in [3.8, 4) is 17.6 Å². The summed E-state index contributed by atoms with van der Waals surface area (Å²) in [6.45, 7) is 3.91. The first kappa shape index (κ1) is 21.6. The fourth-order valence-corrected chi connectivity index (χ4v) is 3.42. The molecule has 1 amide bonds. The Hall–Kier alpha value is -2.72. The van der Waals surface area contributed by atoms with Gasteiger partial charge in [-0.2, -0.15) is 5.26 Å². The Kier molecular flexibility index (Phi) is 8.15. The first-order valence-corrected chi connectivity index (χ1v) is 9.99. The molecule has 2 rings (SSSR count). The van der Waals surface area contributed by atoms with Gasteiger partial charge in [-0.05, 0) is 44.0 Å². The highest BCUT2D eigenvalue weighted by atomic mass is 32.2. The molecule has 7 heteroatoms. The highest BCUT2D eigenvalue weighted by molar-refractivity contribution is 8.00. The molecule has 28 heavy (non-hydrogen) atoms. The van der Waals surface area contributed by atoms with Crippen LogP contribution >= 0.6 is 11.8 Å². The third-order valence-corrected chi connectivity index (χ3v) is 5.25. The van der Waals surface area contributed by atoms with Gasteiger partial charge in [-0.15, -0.1) is 0 Å². The molecule has 0 fully saturated rings. The number of nitrogens with one attached hydrogen (secondary N) is 1. The van der Waals surface area contributed by atoms with Crippen LogP contribution in [0.2, 0.25) is 0 Å². The first-order valence-electron chi connectivity index (χ1n) is 9.11. The molecule has 1 aromatic heterocycles. The standard InChI is InChI=1S/C21H25N3O3S/c1-5-6-7-16-9-8-15(13-22)21(23-16)28-14(2)20(25)24-18-11-10-17(26-3)12-19(18)27-4/h8-12,14H,5-7H2,1-4H3,(H,24,25). The molecule has 6 nitrogen and oxygen atoms in total. The third-order valence-electron chi connectivity index (χ3n) is 4.15. The van der Waals surface area contributed by atoms with E-state index in [0.29, 0.717) is 27.8 Å². The Morgan fingerprint density at radius 1 is 1.29 bits per heavy atom. The monoisotopic (exact) mass is 399 g/mol. The number of hydrogen-bond acceptors (Lipinski definition) is 6. The molecule has 148 valence electrons. The van der Waals surface area contributed by atoms with Gasteiger partial charge in [0, 0.05) is 11.8 Å². The van der Waals surface area contributed by atoms with Crippen LogP contribution in [-0.2, 0) is 11.2 Å². The Labute approximate surface area is 170 Å². The van der Waals surface area contributed by atoms with E-state index >= 15 is 0 Å². The van der Waals surface area contributed by atoms with Crippen LogP contribution < -0.4 is 14.8 Å². The summed E-state index contributed by atoms with van der Waals surface area (Å²) in [4.78, 5) is 17.3. The number of rotatable bonds is 9. The predicted octanol–water partition coefficient (Wildman–Crippen LogP) is 4.43. The summed E-state index contributed by atoms with van der Waals surface area (Å²) >= 11 is 1.28. The third kappa shape index (κ3) is 5.64. The molecule has 0 bridgehead atoms. The molecule has 1 N–H and O–H groups in total. The van der Waals surface area contributed by atoms with E-state index in [-0.39, 0.29) is 5.91 Å². The molecule has 1 unspecified atom stereocenters. The minimum Gasteiger partial charge on any atom is -0.497 e. The van der Waals surface area contributed by atoms with Crippen molar-refractivity contribution in [1.29, 1.82) is 5.26 Å². The molecule has 0 saturated heterocycles. The molecule has 0 aliphatic heterocycles. The second-order valence-electron chi connectivity index (χ2n) is 6.19. The molecular weight excluding hydrogens is 374 g/mol. The normalized spacial score (nSPS) is 11.4. The van der Waals surface area contributed by atoms with Gasteiger partial charge < -0.3 is 14.8 Å². The van der Waals surface area contributed by atoms with E-state index in [0.717, 1.165) is 25.0 Å². The molecular formula is C21H25N3O3S. The number of benzene rings is 1. The molecule has 1 heterocycles. The molecule has 0 radical (unpaired) electrons. The number of methoxy groups -OCH3 is 2. The molecule has 2 aromatic rings. The van der Waals surface area contributed by atoms with Crippen LogP contribution in [0, 0.1) is 11.3 Å². The number of ether oxygens (including phenoxy) is 2. The van der Waals surface area contributed by atoms with Crippen molar-refractivity contribution in [2.24, 2.45) is 0 Å². The Bertz CT molecular complexity index is 864. The van der Waals surface area contributed by atoms with Crippen molar-refractivity contribution in [1.82, 2.24) is 4.98 Å². The second-order valence-corrected chi connectivity index (χ2v) is 7.52. The number of hydrogen-bond donors (Lipinski definition) is 1. The van der Waals surface area contributed by atoms with Crippen LogP contribution in [0.1, 0.15) is 37.9 Å². The number of pyridine rings is 1. The summed E-state index contributed by atoms with van der Waals surface area (Å²) in [5, 5.41) is 12.4. The largest absolute Gasteiger partial charge is 0.497 e. The maximum Gasteiger partial charge on any atom is 0.237 e. The van der Waals surface area contributed by atoms with E-state index in [2.05, 4.69) is 23.3 Å². The molecule has 0 saturated carbocycles. The highest BCUT2D eigenvalue weighted by Gasteiger charge is 2.19. The lowest BCUT2D eigenvalue weighted by Crippen LogP contribution is -2.23. The number of nitrogens with zero attached hydrogens (tertiary/aromatic N) is 2. The number of thioether (sulfide) groups is 1. The molecule has 1 aromatic carbocycles. The maximum absolute atomic E-state index is 12.7. The van der Waals surface area contributed by atoms with Gasteiger partial charge in [0.25, 0.3) is 0 Å². The van der Waals surface area contributed by atoms with E-state index in [9.17, 15) is 10.1 Å². The zero-order valence-electron chi connectivity index (χ0n) is 16.6. The fraction of sp³-hybridized carbons (Fsp3) is 0.381. The Morgan fingerprint density at radius 2 is 2.07 bits per heavy atom. The van der Waals surface area contributed by atoms with E-state index in [1.165, 1.54) is 18.9 Å². The fourth-order valence-electron chi connectivity index (χ4n) is 2.51. The molecule has 0 aliphatic carbocycles. The van der Waals surface area contributed by atoms with E-state index in [4.69, 9.17) is 9.47 Å². The van der Waals surface area contributed by atoms with Crippen molar-refractivity contribution < 1.29 is 14.3 Å². The van der Waals surface area contributed by atoms with E-state index in [1.54, 1.807) is 38.3 Å². The predicted molar refractivity (Wildman–Crippen MR) is 111 cm³/mol. The number of aryl methyl sites for hydroxylation is 1. The smallest absolute Gasteiger partial charge is 0.237 e. The van der Waals surface area contributed by atoms with Crippen LogP contribution in [-0.4, -0.2) is 30.4 Å². The zero-order chi connectivity index (χ0) is 20.5. The summed E-state index contributed by atoms with van der Waals surface area (Å²) in [5.74, 6) is 0.962. The van der Waals surface area contributed by atoms with Gasteiger partial charge in [0.05, 0.1) is 30.7 Å². The number of nitriles is 1. The molecule has 0 spiro atoms. The van der Waals surface area contributed by atoms with Gasteiger partial charge in [-0.3, -0.25) is 4.79 Å². The van der Waals surface area contributed by atoms with Crippen LogP contribution in [0.4, 0.5) is 5.69 Å². The zero-order valence-corrected chi connectivity index (χ0v) is 17.4. The van der Waals surface area contributed by atoms with Crippen LogP contribution in [0.15, 0.2) is 35.4 Å². The molecule has 0 aliphatic rings. The first-order chi connectivity index (χ1) is 13.5. The van der Waals surface area contributed by atoms with E-state index in [1.807, 2.05) is 6.07 Å². The van der Waals surface area contributed by atoms with Gasteiger partial charge in [-0.25, -0.2) is 4.98 Å². The summed E-state index contributed by atoms with van der Waals surface area (Å²) in [6.07, 6.45) is 2.97. The lowest BCUT2D eigenvalue weighted by Gasteiger charge is -2.15. The summed E-state index contributed by atoms with van der Waals surface area (Å²) < 4.78 is 10.5. The van der Waals surface area contributed by atoms with Crippen molar-refractivity contribution >= 4 is 23.4 Å². The van der Waals surface area contributed by atoms with Gasteiger partial charge in [0.15, 0.2) is 0 Å². The van der Waals surface area contributed by atoms with Crippen molar-refractivity contribution in [2.75, 3.05) is 19.5 Å². The van der Waals surface area contributed by atoms with Gasteiger partial charge in [0.1, 0.15) is 22.6 Å². The number of anilines is 1. The average Bonchev–Trinajstić information content (AvgIpc) is 2.72. The van der Waals surface area contributed by atoms with Crippen molar-refractivity contribution in [3.05, 3.63) is 41.6 Å². The van der Waals surface area contributed by atoms with Crippen molar-refractivity contribution in [2.45, 2.75) is 43.4 Å². The highest BCUT2D eigenvalue weighted by Crippen LogP contribution is 2.31. The Morgan fingerprint density at radius 3 is 2.71 bits per heavy atom. The number of carbonyl (C=O) groups is 1. The number of unbranched alkanes of at least 4 members (excludes halogenated alkanes) is 1. The summed E-state index contributed by atoms with van der Waals surface area (Å²) in [6, 6.07) is 11.0. The summed E-state index contributed by atoms with van der Waals surface area (Å²) in [7, 11) is 3.10. The lowest BCUT2D eigenvalue weighted by atomic mass is 10.2. The maximum atomic E-state index is 12.7. The van der Waals surface area contributed by atoms with Crippen LogP contribution in [0.25, 0.3) is 0 Å². The SMILES string of the molecule is CCCCc1ccc(C#N)c(SC(C)C(=O)Nc2ccc(OC)cc2OC)n1. The molecule has 1 atom stereocenters. The second kappa shape index (κ2) is 10.6. The minimum atomic E-state index is -0.437. The Balaban J connectivity index is 2.13. The number of aromatic nitrogens is 1. The lowest BCUT2D eigenvalue weighted by molar-refractivity contribution is -0.115. The van der Waals surface area contributed by atoms with E-state index < -0.39 is 5.25 Å². The van der Waals surface area contributed by atoms with Gasteiger partial charge >= 0.3 is 0 Å². The summed E-state index contributed by atoms with van der Waals surface area (Å²) in [5.41, 5.74) is 1.98.